The highest BCUT2D eigenvalue weighted by molar-refractivity contribution is 9.11. The van der Waals surface area contributed by atoms with E-state index in [4.69, 9.17) is 0 Å². The smallest absolute Gasteiger partial charge is 0.186 e. The summed E-state index contributed by atoms with van der Waals surface area (Å²) in [6.07, 6.45) is 1.45. The fourth-order valence-corrected chi connectivity index (χ4v) is 3.54. The number of hydrogen-bond acceptors (Lipinski definition) is 4. The van der Waals surface area contributed by atoms with E-state index in [0.29, 0.717) is 25.3 Å². The number of carbonyl (C=O) groups is 2. The Bertz CT molecular complexity index is 458. The third-order valence-electron chi connectivity index (χ3n) is 3.32. The SMILES string of the molecule is CCC1CN(CC(=O)c2ccc(Br)s2)CCC1=O. The van der Waals surface area contributed by atoms with Crippen LogP contribution in [0.2, 0.25) is 0 Å². The van der Waals surface area contributed by atoms with Gasteiger partial charge in [0.25, 0.3) is 0 Å². The van der Waals surface area contributed by atoms with Crippen LogP contribution in [0.3, 0.4) is 0 Å². The van der Waals surface area contributed by atoms with E-state index in [1.165, 1.54) is 11.3 Å². The molecule has 1 atom stereocenters. The molecule has 2 heterocycles. The van der Waals surface area contributed by atoms with Crippen LogP contribution in [0.5, 0.6) is 0 Å². The van der Waals surface area contributed by atoms with E-state index in [1.54, 1.807) is 0 Å². The zero-order chi connectivity index (χ0) is 13.1. The van der Waals surface area contributed by atoms with Gasteiger partial charge in [0, 0.05) is 25.4 Å². The minimum absolute atomic E-state index is 0.113. The molecule has 1 fully saturated rings. The number of piperidine rings is 1. The summed E-state index contributed by atoms with van der Waals surface area (Å²) in [6, 6.07) is 3.75. The first-order valence-electron chi connectivity index (χ1n) is 6.13. The van der Waals surface area contributed by atoms with E-state index in [-0.39, 0.29) is 11.7 Å². The lowest BCUT2D eigenvalue weighted by atomic mass is 9.94. The largest absolute Gasteiger partial charge is 0.299 e. The highest BCUT2D eigenvalue weighted by Crippen LogP contribution is 2.23. The monoisotopic (exact) mass is 329 g/mol. The Morgan fingerprint density at radius 3 is 2.94 bits per heavy atom. The lowest BCUT2D eigenvalue weighted by molar-refractivity contribution is -0.126. The highest BCUT2D eigenvalue weighted by Gasteiger charge is 2.27. The summed E-state index contributed by atoms with van der Waals surface area (Å²) in [6.45, 7) is 3.90. The minimum atomic E-state index is 0.113. The molecule has 0 aliphatic carbocycles. The van der Waals surface area contributed by atoms with Gasteiger partial charge < -0.3 is 0 Å². The van der Waals surface area contributed by atoms with Crippen LogP contribution in [-0.4, -0.2) is 36.1 Å². The molecule has 0 spiro atoms. The van der Waals surface area contributed by atoms with Crippen molar-refractivity contribution in [2.45, 2.75) is 19.8 Å². The van der Waals surface area contributed by atoms with Crippen molar-refractivity contribution in [3.8, 4) is 0 Å². The summed E-state index contributed by atoms with van der Waals surface area (Å²) in [5.41, 5.74) is 0. The van der Waals surface area contributed by atoms with Gasteiger partial charge in [-0.2, -0.15) is 0 Å². The van der Waals surface area contributed by atoms with Crippen molar-refractivity contribution in [2.75, 3.05) is 19.6 Å². The number of carbonyl (C=O) groups excluding carboxylic acids is 2. The van der Waals surface area contributed by atoms with Gasteiger partial charge in [-0.05, 0) is 34.5 Å². The molecule has 1 aromatic rings. The van der Waals surface area contributed by atoms with Crippen molar-refractivity contribution in [3.05, 3.63) is 20.8 Å². The number of halogens is 1. The molecule has 0 amide bonds. The molecule has 0 radical (unpaired) electrons. The average Bonchev–Trinajstić information content (AvgIpc) is 2.78. The van der Waals surface area contributed by atoms with Crippen LogP contribution < -0.4 is 0 Å². The Balaban J connectivity index is 1.94. The van der Waals surface area contributed by atoms with Crippen molar-refractivity contribution in [1.82, 2.24) is 4.90 Å². The van der Waals surface area contributed by atoms with Gasteiger partial charge in [0.1, 0.15) is 5.78 Å². The summed E-state index contributed by atoms with van der Waals surface area (Å²) in [5.74, 6) is 0.608. The summed E-state index contributed by atoms with van der Waals surface area (Å²) in [5, 5.41) is 0. The zero-order valence-corrected chi connectivity index (χ0v) is 12.7. The summed E-state index contributed by atoms with van der Waals surface area (Å²) < 4.78 is 0.978. The van der Waals surface area contributed by atoms with Gasteiger partial charge >= 0.3 is 0 Å². The van der Waals surface area contributed by atoms with Gasteiger partial charge in [-0.1, -0.05) is 6.92 Å². The van der Waals surface area contributed by atoms with Gasteiger partial charge in [0.15, 0.2) is 5.78 Å². The molecule has 1 unspecified atom stereocenters. The van der Waals surface area contributed by atoms with E-state index in [0.717, 1.165) is 21.6 Å². The molecule has 98 valence electrons. The standard InChI is InChI=1S/C13H16BrNO2S/c1-2-9-7-15(6-5-10(9)16)8-11(17)12-3-4-13(14)18-12/h3-4,9H,2,5-8H2,1H3. The molecule has 1 aliphatic heterocycles. The number of hydrogen-bond donors (Lipinski definition) is 0. The van der Waals surface area contributed by atoms with Crippen molar-refractivity contribution in [1.29, 1.82) is 0 Å². The Labute approximate surface area is 119 Å². The molecule has 1 aliphatic rings. The molecule has 3 nitrogen and oxygen atoms in total. The number of thiophene rings is 1. The van der Waals surface area contributed by atoms with Crippen LogP contribution in [0.1, 0.15) is 29.4 Å². The van der Waals surface area contributed by atoms with E-state index in [9.17, 15) is 9.59 Å². The fourth-order valence-electron chi connectivity index (χ4n) is 2.22. The normalized spacial score (nSPS) is 21.2. The predicted octanol–water partition coefficient (Wildman–Crippen LogP) is 2.99. The van der Waals surface area contributed by atoms with Crippen LogP contribution in [0.15, 0.2) is 15.9 Å². The summed E-state index contributed by atoms with van der Waals surface area (Å²) in [7, 11) is 0. The van der Waals surface area contributed by atoms with Crippen LogP contribution >= 0.6 is 27.3 Å². The first kappa shape index (κ1) is 13.9. The maximum absolute atomic E-state index is 12.1. The zero-order valence-electron chi connectivity index (χ0n) is 10.3. The minimum Gasteiger partial charge on any atom is -0.299 e. The number of ketones is 2. The molecule has 2 rings (SSSR count). The van der Waals surface area contributed by atoms with Gasteiger partial charge in [-0.15, -0.1) is 11.3 Å². The van der Waals surface area contributed by atoms with Gasteiger partial charge in [0.2, 0.25) is 0 Å². The van der Waals surface area contributed by atoms with Gasteiger partial charge in [-0.3, -0.25) is 14.5 Å². The molecule has 0 aromatic carbocycles. The lowest BCUT2D eigenvalue weighted by Gasteiger charge is -2.30. The topological polar surface area (TPSA) is 37.4 Å². The van der Waals surface area contributed by atoms with Crippen molar-refractivity contribution >= 4 is 38.8 Å². The molecular formula is C13H16BrNO2S. The van der Waals surface area contributed by atoms with Crippen LogP contribution in [-0.2, 0) is 4.79 Å². The molecule has 0 bridgehead atoms. The summed E-state index contributed by atoms with van der Waals surface area (Å²) in [4.78, 5) is 26.6. The lowest BCUT2D eigenvalue weighted by Crippen LogP contribution is -2.42. The number of nitrogens with zero attached hydrogens (tertiary/aromatic N) is 1. The third-order valence-corrected chi connectivity index (χ3v) is 4.98. The van der Waals surface area contributed by atoms with E-state index in [1.807, 2.05) is 19.1 Å². The molecule has 5 heteroatoms. The van der Waals surface area contributed by atoms with E-state index < -0.39 is 0 Å². The second-order valence-corrected chi connectivity index (χ2v) is 7.05. The molecule has 18 heavy (non-hydrogen) atoms. The molecule has 0 N–H and O–H groups in total. The second kappa shape index (κ2) is 6.08. The maximum Gasteiger partial charge on any atom is 0.186 e. The Hall–Kier alpha value is -0.520. The Morgan fingerprint density at radius 1 is 1.56 bits per heavy atom. The first-order chi connectivity index (χ1) is 8.60. The van der Waals surface area contributed by atoms with Gasteiger partial charge in [0.05, 0.1) is 15.2 Å². The second-order valence-electron chi connectivity index (χ2n) is 4.58. The van der Waals surface area contributed by atoms with Crippen molar-refractivity contribution in [2.24, 2.45) is 5.92 Å². The van der Waals surface area contributed by atoms with Crippen molar-refractivity contribution < 1.29 is 9.59 Å². The number of Topliss-reactive ketones (excluding diaryl/α,β-unsaturated/α-hetero) is 2. The molecular weight excluding hydrogens is 314 g/mol. The van der Waals surface area contributed by atoms with Crippen molar-refractivity contribution in [3.63, 3.8) is 0 Å². The third kappa shape index (κ3) is 3.28. The molecule has 1 saturated heterocycles. The van der Waals surface area contributed by atoms with E-state index in [2.05, 4.69) is 20.8 Å². The number of rotatable bonds is 4. The van der Waals surface area contributed by atoms with Crippen LogP contribution in [0.25, 0.3) is 0 Å². The van der Waals surface area contributed by atoms with Crippen LogP contribution in [0.4, 0.5) is 0 Å². The quantitative estimate of drug-likeness (QED) is 0.797. The first-order valence-corrected chi connectivity index (χ1v) is 7.74. The Kier molecular flexibility index (Phi) is 4.70. The van der Waals surface area contributed by atoms with Crippen LogP contribution in [0, 0.1) is 5.92 Å². The summed E-state index contributed by atoms with van der Waals surface area (Å²) >= 11 is 4.83. The predicted molar refractivity (Wildman–Crippen MR) is 76.2 cm³/mol. The average molecular weight is 330 g/mol. The van der Waals surface area contributed by atoms with Gasteiger partial charge in [-0.25, -0.2) is 0 Å². The molecule has 0 saturated carbocycles. The Morgan fingerprint density at radius 2 is 2.33 bits per heavy atom. The molecule has 1 aromatic heterocycles. The van der Waals surface area contributed by atoms with E-state index >= 15 is 0 Å². The maximum atomic E-state index is 12.1. The fraction of sp³-hybridized carbons (Fsp3) is 0.538. The highest BCUT2D eigenvalue weighted by atomic mass is 79.9. The number of likely N-dealkylation sites (tertiary alicyclic amines) is 1.